The molecule has 1 fully saturated rings. The van der Waals surface area contributed by atoms with Crippen molar-refractivity contribution in [2.24, 2.45) is 0 Å². The van der Waals surface area contributed by atoms with Gasteiger partial charge in [0.2, 0.25) is 0 Å². The number of aromatic nitrogens is 2. The fraction of sp³-hybridized carbons (Fsp3) is 0.222. The Bertz CT molecular complexity index is 956. The zero-order valence-corrected chi connectivity index (χ0v) is 13.1. The van der Waals surface area contributed by atoms with Gasteiger partial charge in [0.15, 0.2) is 0 Å². The quantitative estimate of drug-likeness (QED) is 0.752. The number of nitrogens with zero attached hydrogens (tertiary/aromatic N) is 2. The zero-order chi connectivity index (χ0) is 17.6. The van der Waals surface area contributed by atoms with E-state index in [1.165, 1.54) is 4.90 Å². The molecule has 4 rings (SSSR count). The number of β-amino-alcohol motifs (C(OH)–C–C–N with tert-alkyl or cyclic N) is 1. The first kappa shape index (κ1) is 15.7. The number of carbonyl (C=O) groups is 1. The van der Waals surface area contributed by atoms with E-state index in [0.29, 0.717) is 16.5 Å². The minimum Gasteiger partial charge on any atom is -0.391 e. The number of aliphatic hydroxyl groups is 1. The lowest BCUT2D eigenvalue weighted by molar-refractivity contribution is 0.0715. The summed E-state index contributed by atoms with van der Waals surface area (Å²) in [5, 5.41) is 17.4. The molecule has 2 aromatic carbocycles. The molecule has 0 radical (unpaired) electrons. The Kier molecular flexibility index (Phi) is 3.73. The molecule has 1 aliphatic rings. The molecule has 128 valence electrons. The molecule has 0 spiro atoms. The lowest BCUT2D eigenvalue weighted by Crippen LogP contribution is -2.32. The number of rotatable bonds is 2. The van der Waals surface area contributed by atoms with E-state index in [0.717, 1.165) is 18.2 Å². The fourth-order valence-corrected chi connectivity index (χ4v) is 3.41. The molecule has 1 saturated heterocycles. The zero-order valence-electron chi connectivity index (χ0n) is 13.1. The van der Waals surface area contributed by atoms with E-state index in [1.807, 2.05) is 0 Å². The minimum atomic E-state index is -0.792. The molecule has 0 bridgehead atoms. The number of amides is 1. The Balaban J connectivity index is 1.76. The largest absolute Gasteiger partial charge is 0.391 e. The molecule has 2 N–H and O–H groups in total. The number of halogens is 2. The molecular formula is C18H15F2N3O2. The number of benzene rings is 2. The van der Waals surface area contributed by atoms with Crippen molar-refractivity contribution in [3.8, 4) is 0 Å². The molecule has 7 heteroatoms. The van der Waals surface area contributed by atoms with E-state index in [9.17, 15) is 18.7 Å². The summed E-state index contributed by atoms with van der Waals surface area (Å²) < 4.78 is 27.8. The summed E-state index contributed by atoms with van der Waals surface area (Å²) in [6.07, 6.45) is 0.917. The van der Waals surface area contributed by atoms with Crippen LogP contribution in [0.5, 0.6) is 0 Å². The first-order chi connectivity index (χ1) is 12.0. The minimum absolute atomic E-state index is 0.0632. The van der Waals surface area contributed by atoms with Crippen LogP contribution in [0.4, 0.5) is 8.78 Å². The molecular weight excluding hydrogens is 328 g/mol. The average Bonchev–Trinajstić information content (AvgIpc) is 3.22. The molecule has 1 aliphatic heterocycles. The Morgan fingerprint density at radius 2 is 2.12 bits per heavy atom. The topological polar surface area (TPSA) is 69.2 Å². The van der Waals surface area contributed by atoms with Gasteiger partial charge >= 0.3 is 0 Å². The molecule has 5 nitrogen and oxygen atoms in total. The second kappa shape index (κ2) is 5.93. The van der Waals surface area contributed by atoms with Gasteiger partial charge in [0.25, 0.3) is 5.91 Å². The summed E-state index contributed by atoms with van der Waals surface area (Å²) in [6, 6.07) is 7.60. The van der Waals surface area contributed by atoms with Crippen LogP contribution in [-0.4, -0.2) is 38.8 Å². The summed E-state index contributed by atoms with van der Waals surface area (Å²) in [5.41, 5.74) is 1.19. The van der Waals surface area contributed by atoms with Gasteiger partial charge in [-0.05, 0) is 36.8 Å². The van der Waals surface area contributed by atoms with Gasteiger partial charge in [0, 0.05) is 17.5 Å². The van der Waals surface area contributed by atoms with Crippen molar-refractivity contribution in [3.63, 3.8) is 0 Å². The van der Waals surface area contributed by atoms with Crippen molar-refractivity contribution in [1.29, 1.82) is 0 Å². The number of likely N-dealkylation sites (tertiary alicyclic amines) is 1. The highest BCUT2D eigenvalue weighted by molar-refractivity contribution is 6.06. The van der Waals surface area contributed by atoms with Gasteiger partial charge in [0.05, 0.1) is 29.4 Å². The van der Waals surface area contributed by atoms with Crippen molar-refractivity contribution in [3.05, 3.63) is 65.4 Å². The van der Waals surface area contributed by atoms with Crippen molar-refractivity contribution in [1.82, 2.24) is 15.1 Å². The number of H-pyrrole nitrogens is 1. The van der Waals surface area contributed by atoms with Gasteiger partial charge in [-0.15, -0.1) is 0 Å². The van der Waals surface area contributed by atoms with Crippen LogP contribution in [0.3, 0.4) is 0 Å². The summed E-state index contributed by atoms with van der Waals surface area (Å²) in [4.78, 5) is 14.4. The monoisotopic (exact) mass is 343 g/mol. The maximum Gasteiger partial charge on any atom is 0.255 e. The van der Waals surface area contributed by atoms with Crippen LogP contribution in [0.2, 0.25) is 0 Å². The number of hydrogen-bond acceptors (Lipinski definition) is 3. The lowest BCUT2D eigenvalue weighted by Gasteiger charge is -2.25. The molecule has 2 atom stereocenters. The van der Waals surface area contributed by atoms with Crippen molar-refractivity contribution in [2.75, 3.05) is 6.54 Å². The summed E-state index contributed by atoms with van der Waals surface area (Å²) in [6.45, 7) is 0.0632. The molecule has 0 aliphatic carbocycles. The van der Waals surface area contributed by atoms with Gasteiger partial charge < -0.3 is 10.0 Å². The summed E-state index contributed by atoms with van der Waals surface area (Å²) in [5.74, 6) is -1.53. The van der Waals surface area contributed by atoms with Gasteiger partial charge in [-0.25, -0.2) is 8.78 Å². The van der Waals surface area contributed by atoms with E-state index in [2.05, 4.69) is 10.2 Å². The third kappa shape index (κ3) is 2.66. The smallest absolute Gasteiger partial charge is 0.255 e. The van der Waals surface area contributed by atoms with Crippen LogP contribution < -0.4 is 0 Å². The number of nitrogens with one attached hydrogen (secondary N) is 1. The highest BCUT2D eigenvalue weighted by Gasteiger charge is 2.37. The van der Waals surface area contributed by atoms with Crippen LogP contribution >= 0.6 is 0 Å². The number of aromatic amines is 1. The van der Waals surface area contributed by atoms with E-state index in [4.69, 9.17) is 0 Å². The third-order valence-corrected chi connectivity index (χ3v) is 4.57. The number of fused-ring (bicyclic) bond motifs is 1. The third-order valence-electron chi connectivity index (χ3n) is 4.57. The van der Waals surface area contributed by atoms with Crippen LogP contribution in [0.1, 0.15) is 28.4 Å². The Morgan fingerprint density at radius 1 is 1.28 bits per heavy atom. The van der Waals surface area contributed by atoms with E-state index >= 15 is 0 Å². The van der Waals surface area contributed by atoms with Gasteiger partial charge in [0.1, 0.15) is 11.6 Å². The molecule has 3 aromatic rings. The number of aliphatic hydroxyl groups excluding tert-OH is 1. The maximum absolute atomic E-state index is 14.2. The van der Waals surface area contributed by atoms with Crippen molar-refractivity contribution < 1.29 is 18.7 Å². The lowest BCUT2D eigenvalue weighted by atomic mass is 10.0. The highest BCUT2D eigenvalue weighted by atomic mass is 19.1. The van der Waals surface area contributed by atoms with E-state index < -0.39 is 23.8 Å². The predicted molar refractivity (Wildman–Crippen MR) is 86.9 cm³/mol. The van der Waals surface area contributed by atoms with Crippen LogP contribution in [0.15, 0.2) is 42.6 Å². The normalized spacial score (nSPS) is 20.4. The second-order valence-electron chi connectivity index (χ2n) is 6.17. The SMILES string of the molecule is O=C(c1cccc2[nH]ncc12)N1C[C@@H](O)C[C@@H]1c1cc(F)ccc1F. The van der Waals surface area contributed by atoms with E-state index in [1.54, 1.807) is 24.4 Å². The van der Waals surface area contributed by atoms with Crippen molar-refractivity contribution >= 4 is 16.8 Å². The molecule has 0 unspecified atom stereocenters. The Labute approximate surface area is 141 Å². The van der Waals surface area contributed by atoms with Crippen molar-refractivity contribution in [2.45, 2.75) is 18.6 Å². The molecule has 0 saturated carbocycles. The molecule has 25 heavy (non-hydrogen) atoms. The first-order valence-electron chi connectivity index (χ1n) is 7.90. The van der Waals surface area contributed by atoms with Gasteiger partial charge in [-0.2, -0.15) is 5.10 Å². The second-order valence-corrected chi connectivity index (χ2v) is 6.17. The molecule has 1 aromatic heterocycles. The molecule has 1 amide bonds. The predicted octanol–water partition coefficient (Wildman–Crippen LogP) is 2.79. The van der Waals surface area contributed by atoms with Gasteiger partial charge in [-0.3, -0.25) is 9.89 Å². The van der Waals surface area contributed by atoms with Crippen LogP contribution in [-0.2, 0) is 0 Å². The first-order valence-corrected chi connectivity index (χ1v) is 7.90. The van der Waals surface area contributed by atoms with Gasteiger partial charge in [-0.1, -0.05) is 6.07 Å². The van der Waals surface area contributed by atoms with Crippen LogP contribution in [0.25, 0.3) is 10.9 Å². The number of hydrogen-bond donors (Lipinski definition) is 2. The maximum atomic E-state index is 14.2. The number of carbonyl (C=O) groups excluding carboxylic acids is 1. The standard InChI is InChI=1S/C18H15F2N3O2/c19-10-4-5-15(20)13(6-10)17-7-11(24)9-23(17)18(25)12-2-1-3-16-14(12)8-21-22-16/h1-6,8,11,17,24H,7,9H2,(H,21,22)/t11-,17+/m0/s1. The highest BCUT2D eigenvalue weighted by Crippen LogP contribution is 2.35. The summed E-state index contributed by atoms with van der Waals surface area (Å²) in [7, 11) is 0. The summed E-state index contributed by atoms with van der Waals surface area (Å²) >= 11 is 0. The van der Waals surface area contributed by atoms with Crippen LogP contribution in [0, 0.1) is 11.6 Å². The average molecular weight is 343 g/mol. The van der Waals surface area contributed by atoms with E-state index in [-0.39, 0.29) is 24.4 Å². The fourth-order valence-electron chi connectivity index (χ4n) is 3.41. The molecule has 2 heterocycles. The Morgan fingerprint density at radius 3 is 2.96 bits per heavy atom. The Hall–Kier alpha value is -2.80.